The van der Waals surface area contributed by atoms with E-state index in [9.17, 15) is 14.7 Å². The summed E-state index contributed by atoms with van der Waals surface area (Å²) in [7, 11) is 3.18. The predicted molar refractivity (Wildman–Crippen MR) is 131 cm³/mol. The monoisotopic (exact) mass is 477 g/mol. The molecule has 2 aromatic carbocycles. The molecule has 184 valence electrons. The van der Waals surface area contributed by atoms with Gasteiger partial charge in [0, 0.05) is 29.3 Å². The lowest BCUT2D eigenvalue weighted by molar-refractivity contribution is -0.139. The van der Waals surface area contributed by atoms with E-state index in [1.165, 1.54) is 0 Å². The van der Waals surface area contributed by atoms with Crippen LogP contribution in [-0.2, 0) is 14.3 Å². The molecule has 7 heteroatoms. The Labute approximate surface area is 205 Å². The second-order valence-corrected chi connectivity index (χ2v) is 8.86. The van der Waals surface area contributed by atoms with Crippen molar-refractivity contribution in [3.63, 3.8) is 0 Å². The van der Waals surface area contributed by atoms with Crippen LogP contribution in [0.4, 0.5) is 0 Å². The molecule has 35 heavy (non-hydrogen) atoms. The first-order chi connectivity index (χ1) is 16.9. The van der Waals surface area contributed by atoms with Crippen molar-refractivity contribution in [3.05, 3.63) is 76.1 Å². The molecule has 1 aliphatic carbocycles. The molecular formula is C28H31NO6. The van der Waals surface area contributed by atoms with Gasteiger partial charge in [-0.25, -0.2) is 4.79 Å². The number of esters is 1. The molecule has 0 aromatic heterocycles. The van der Waals surface area contributed by atoms with Crippen LogP contribution in [0, 0.1) is 0 Å². The topological polar surface area (TPSA) is 94.1 Å². The molecule has 0 bridgehead atoms. The first-order valence-corrected chi connectivity index (χ1v) is 11.8. The van der Waals surface area contributed by atoms with E-state index in [1.54, 1.807) is 32.4 Å². The van der Waals surface area contributed by atoms with E-state index < -0.39 is 11.9 Å². The first kappa shape index (κ1) is 24.4. The zero-order valence-corrected chi connectivity index (χ0v) is 20.5. The van der Waals surface area contributed by atoms with Gasteiger partial charge in [0.2, 0.25) is 0 Å². The lowest BCUT2D eigenvalue weighted by Gasteiger charge is -2.36. The maximum absolute atomic E-state index is 13.7. The van der Waals surface area contributed by atoms with E-state index in [1.807, 2.05) is 38.1 Å². The number of rotatable bonds is 7. The smallest absolute Gasteiger partial charge is 0.336 e. The summed E-state index contributed by atoms with van der Waals surface area (Å²) in [5, 5.41) is 13.5. The summed E-state index contributed by atoms with van der Waals surface area (Å²) in [6.07, 6.45) is 1.59. The summed E-state index contributed by atoms with van der Waals surface area (Å²) >= 11 is 0. The highest BCUT2D eigenvalue weighted by Crippen LogP contribution is 2.46. The average Bonchev–Trinajstić information content (AvgIpc) is 2.85. The van der Waals surface area contributed by atoms with Crippen LogP contribution >= 0.6 is 0 Å². The number of hydrogen-bond donors (Lipinski definition) is 2. The fourth-order valence-electron chi connectivity index (χ4n) is 4.96. The maximum atomic E-state index is 13.7. The second kappa shape index (κ2) is 10.3. The van der Waals surface area contributed by atoms with Gasteiger partial charge in [-0.05, 0) is 61.1 Å². The number of carbonyl (C=O) groups is 2. The van der Waals surface area contributed by atoms with E-state index in [2.05, 4.69) is 5.32 Å². The number of phenolic OH excluding ortho intramolecular Hbond substituents is 1. The molecule has 1 heterocycles. The molecule has 0 amide bonds. The van der Waals surface area contributed by atoms with Gasteiger partial charge in [0.05, 0.1) is 26.4 Å². The van der Waals surface area contributed by atoms with E-state index in [4.69, 9.17) is 14.2 Å². The molecule has 2 aromatic rings. The third kappa shape index (κ3) is 4.76. The molecule has 0 unspecified atom stereocenters. The van der Waals surface area contributed by atoms with Crippen molar-refractivity contribution in [1.82, 2.24) is 5.32 Å². The van der Waals surface area contributed by atoms with Gasteiger partial charge in [-0.2, -0.15) is 0 Å². The molecule has 2 atom stereocenters. The molecule has 2 aliphatic rings. The minimum Gasteiger partial charge on any atom is -0.508 e. The number of allylic oxidation sites excluding steroid dienone is 3. The highest BCUT2D eigenvalue weighted by molar-refractivity contribution is 6.04. The fraction of sp³-hybridized carbons (Fsp3) is 0.357. The summed E-state index contributed by atoms with van der Waals surface area (Å²) in [5.41, 5.74) is 4.06. The number of benzene rings is 2. The zero-order chi connectivity index (χ0) is 25.1. The van der Waals surface area contributed by atoms with Crippen molar-refractivity contribution in [3.8, 4) is 17.2 Å². The summed E-state index contributed by atoms with van der Waals surface area (Å²) in [6.45, 7) is 4.05. The zero-order valence-electron chi connectivity index (χ0n) is 20.5. The Kier molecular flexibility index (Phi) is 7.15. The van der Waals surface area contributed by atoms with Crippen LogP contribution in [-0.4, -0.2) is 37.7 Å². The normalized spacial score (nSPS) is 19.7. The van der Waals surface area contributed by atoms with Gasteiger partial charge in [-0.3, -0.25) is 4.79 Å². The molecular weight excluding hydrogens is 446 g/mol. The number of Topliss-reactive ketones (excluding diaryl/α,β-unsaturated/α-hetero) is 1. The van der Waals surface area contributed by atoms with Gasteiger partial charge in [-0.15, -0.1) is 0 Å². The van der Waals surface area contributed by atoms with Gasteiger partial charge < -0.3 is 24.6 Å². The number of nitrogens with one attached hydrogen (secondary N) is 1. The first-order valence-electron chi connectivity index (χ1n) is 11.8. The van der Waals surface area contributed by atoms with Crippen molar-refractivity contribution in [2.24, 2.45) is 0 Å². The van der Waals surface area contributed by atoms with Crippen molar-refractivity contribution >= 4 is 11.8 Å². The molecule has 2 N–H and O–H groups in total. The highest BCUT2D eigenvalue weighted by Gasteiger charge is 2.41. The number of dihydropyridines is 1. The van der Waals surface area contributed by atoms with Crippen molar-refractivity contribution in [2.75, 3.05) is 20.8 Å². The minimum atomic E-state index is -0.610. The third-order valence-electron chi connectivity index (χ3n) is 6.57. The van der Waals surface area contributed by atoms with Crippen LogP contribution < -0.4 is 14.8 Å². The Balaban J connectivity index is 1.76. The number of aromatic hydroxyl groups is 1. The standard InChI is InChI=1S/C28H31NO6/c1-5-11-35-28(32)25-16(2)29-21-13-19(17-9-10-23(33-3)24(15-17)34-4)14-22(31)27(21)26(25)18-7-6-8-20(30)12-18/h6-10,12,15,19,26,29-30H,5,11,13-14H2,1-4H3/t19-,26+/m1/s1. The Morgan fingerprint density at radius 2 is 1.83 bits per heavy atom. The largest absolute Gasteiger partial charge is 0.508 e. The summed E-state index contributed by atoms with van der Waals surface area (Å²) in [5.74, 6) is 0.164. The van der Waals surface area contributed by atoms with Gasteiger partial charge >= 0.3 is 5.97 Å². The van der Waals surface area contributed by atoms with E-state index in [0.717, 1.165) is 11.3 Å². The Morgan fingerprint density at radius 1 is 1.06 bits per heavy atom. The van der Waals surface area contributed by atoms with Crippen molar-refractivity contribution in [1.29, 1.82) is 0 Å². The van der Waals surface area contributed by atoms with Crippen LogP contribution in [0.5, 0.6) is 17.2 Å². The van der Waals surface area contributed by atoms with Crippen LogP contribution in [0.2, 0.25) is 0 Å². The summed E-state index contributed by atoms with van der Waals surface area (Å²) in [6, 6.07) is 12.4. The molecule has 0 saturated heterocycles. The molecule has 1 aliphatic heterocycles. The maximum Gasteiger partial charge on any atom is 0.336 e. The number of phenols is 1. The summed E-state index contributed by atoms with van der Waals surface area (Å²) in [4.78, 5) is 26.7. The Bertz CT molecular complexity index is 1210. The number of carbonyl (C=O) groups excluding carboxylic acids is 2. The molecule has 0 radical (unpaired) electrons. The molecule has 4 rings (SSSR count). The van der Waals surface area contributed by atoms with E-state index in [0.29, 0.717) is 59.8 Å². The molecule has 0 spiro atoms. The van der Waals surface area contributed by atoms with Gasteiger partial charge in [0.1, 0.15) is 5.75 Å². The van der Waals surface area contributed by atoms with Crippen LogP contribution in [0.3, 0.4) is 0 Å². The minimum absolute atomic E-state index is 0.0415. The van der Waals surface area contributed by atoms with Crippen molar-refractivity contribution in [2.45, 2.75) is 44.9 Å². The quantitative estimate of drug-likeness (QED) is 0.557. The second-order valence-electron chi connectivity index (χ2n) is 8.86. The number of hydrogen-bond acceptors (Lipinski definition) is 7. The Hall–Kier alpha value is -3.74. The fourth-order valence-corrected chi connectivity index (χ4v) is 4.96. The van der Waals surface area contributed by atoms with Gasteiger partial charge in [0.25, 0.3) is 0 Å². The number of ketones is 1. The molecule has 0 saturated carbocycles. The Morgan fingerprint density at radius 3 is 2.51 bits per heavy atom. The molecule has 7 nitrogen and oxygen atoms in total. The van der Waals surface area contributed by atoms with Crippen LogP contribution in [0.1, 0.15) is 56.1 Å². The molecule has 0 fully saturated rings. The van der Waals surface area contributed by atoms with E-state index in [-0.39, 0.29) is 17.5 Å². The lowest BCUT2D eigenvalue weighted by atomic mass is 9.71. The lowest BCUT2D eigenvalue weighted by Crippen LogP contribution is -2.36. The number of methoxy groups -OCH3 is 2. The van der Waals surface area contributed by atoms with Crippen LogP contribution in [0.15, 0.2) is 65.0 Å². The highest BCUT2D eigenvalue weighted by atomic mass is 16.5. The predicted octanol–water partition coefficient (Wildman–Crippen LogP) is 4.72. The summed E-state index contributed by atoms with van der Waals surface area (Å²) < 4.78 is 16.3. The van der Waals surface area contributed by atoms with Crippen LogP contribution in [0.25, 0.3) is 0 Å². The average molecular weight is 478 g/mol. The van der Waals surface area contributed by atoms with Gasteiger partial charge in [-0.1, -0.05) is 25.1 Å². The SMILES string of the molecule is CCCOC(=O)C1=C(C)NC2=C(C(=O)C[C@H](c3ccc(OC)c(OC)c3)C2)[C@H]1c1cccc(O)c1. The number of ether oxygens (including phenoxy) is 3. The third-order valence-corrected chi connectivity index (χ3v) is 6.57. The van der Waals surface area contributed by atoms with Gasteiger partial charge in [0.15, 0.2) is 17.3 Å². The van der Waals surface area contributed by atoms with Crippen molar-refractivity contribution < 1.29 is 28.9 Å². The van der Waals surface area contributed by atoms with E-state index >= 15 is 0 Å².